The topological polar surface area (TPSA) is 52.6 Å². The molecule has 116 valence electrons. The van der Waals surface area contributed by atoms with E-state index in [1.54, 1.807) is 12.1 Å². The molecule has 0 radical (unpaired) electrons. The van der Waals surface area contributed by atoms with Gasteiger partial charge < -0.3 is 10.4 Å². The van der Waals surface area contributed by atoms with Crippen LogP contribution in [0.5, 0.6) is 5.75 Å². The van der Waals surface area contributed by atoms with Crippen molar-refractivity contribution in [3.8, 4) is 5.75 Å². The summed E-state index contributed by atoms with van der Waals surface area (Å²) in [6.45, 7) is 4.91. The van der Waals surface area contributed by atoms with E-state index < -0.39 is 0 Å². The molecule has 0 spiro atoms. The standard InChI is InChI=1S/C18H22N2O2/c1-2-20-9-5-8-15(20)12-19-18(22)16-10-13-6-3-4-7-14(13)11-17(16)21/h3-4,6-7,10-11,15,21H,2,5,8-9,12H2,1H3,(H,19,22). The molecule has 1 saturated heterocycles. The summed E-state index contributed by atoms with van der Waals surface area (Å²) in [6.07, 6.45) is 2.31. The van der Waals surface area contributed by atoms with Gasteiger partial charge in [-0.15, -0.1) is 0 Å². The van der Waals surface area contributed by atoms with Gasteiger partial charge in [0.2, 0.25) is 0 Å². The van der Waals surface area contributed by atoms with Crippen LogP contribution in [0.25, 0.3) is 10.8 Å². The number of phenolic OH excluding ortho intramolecular Hbond substituents is 1. The van der Waals surface area contributed by atoms with Crippen molar-refractivity contribution in [1.82, 2.24) is 10.2 Å². The van der Waals surface area contributed by atoms with Crippen LogP contribution in [-0.2, 0) is 0 Å². The summed E-state index contributed by atoms with van der Waals surface area (Å²) in [5.74, 6) is -0.166. The second kappa shape index (κ2) is 6.36. The number of fused-ring (bicyclic) bond motifs is 1. The number of nitrogens with zero attached hydrogens (tertiary/aromatic N) is 1. The van der Waals surface area contributed by atoms with E-state index in [4.69, 9.17) is 0 Å². The normalized spacial score (nSPS) is 18.7. The van der Waals surface area contributed by atoms with Crippen LogP contribution >= 0.6 is 0 Å². The van der Waals surface area contributed by atoms with Gasteiger partial charge in [0.05, 0.1) is 5.56 Å². The average molecular weight is 298 g/mol. The van der Waals surface area contributed by atoms with Gasteiger partial charge in [-0.3, -0.25) is 9.69 Å². The van der Waals surface area contributed by atoms with Gasteiger partial charge in [0.1, 0.15) is 5.75 Å². The molecule has 1 aliphatic heterocycles. The Morgan fingerprint density at radius 2 is 2.05 bits per heavy atom. The quantitative estimate of drug-likeness (QED) is 0.912. The van der Waals surface area contributed by atoms with E-state index in [1.165, 1.54) is 6.42 Å². The molecule has 2 aromatic carbocycles. The summed E-state index contributed by atoms with van der Waals surface area (Å²) < 4.78 is 0. The van der Waals surface area contributed by atoms with Crippen molar-refractivity contribution in [2.24, 2.45) is 0 Å². The molecule has 1 heterocycles. The second-order valence-electron chi connectivity index (χ2n) is 5.85. The third kappa shape index (κ3) is 2.92. The van der Waals surface area contributed by atoms with E-state index in [0.29, 0.717) is 18.2 Å². The lowest BCUT2D eigenvalue weighted by Crippen LogP contribution is -2.40. The van der Waals surface area contributed by atoms with Crippen molar-refractivity contribution in [3.05, 3.63) is 42.0 Å². The summed E-state index contributed by atoms with van der Waals surface area (Å²) in [7, 11) is 0. The number of hydrogen-bond acceptors (Lipinski definition) is 3. The highest BCUT2D eigenvalue weighted by Gasteiger charge is 2.23. The van der Waals surface area contributed by atoms with Crippen LogP contribution in [0.2, 0.25) is 0 Å². The van der Waals surface area contributed by atoms with Gasteiger partial charge in [0, 0.05) is 12.6 Å². The molecule has 0 aliphatic carbocycles. The minimum Gasteiger partial charge on any atom is -0.507 e. The third-order valence-electron chi connectivity index (χ3n) is 4.51. The Balaban J connectivity index is 1.73. The highest BCUT2D eigenvalue weighted by atomic mass is 16.3. The van der Waals surface area contributed by atoms with Gasteiger partial charge >= 0.3 is 0 Å². The Morgan fingerprint density at radius 1 is 1.32 bits per heavy atom. The van der Waals surface area contributed by atoms with Crippen molar-refractivity contribution in [2.45, 2.75) is 25.8 Å². The molecule has 4 heteroatoms. The molecule has 3 rings (SSSR count). The van der Waals surface area contributed by atoms with Gasteiger partial charge in [0.25, 0.3) is 5.91 Å². The average Bonchev–Trinajstić information content (AvgIpc) is 2.99. The summed E-state index contributed by atoms with van der Waals surface area (Å²) in [5, 5.41) is 15.0. The number of likely N-dealkylation sites (tertiary alicyclic amines) is 1. The maximum absolute atomic E-state index is 12.4. The van der Waals surface area contributed by atoms with Crippen molar-refractivity contribution in [2.75, 3.05) is 19.6 Å². The first-order valence-corrected chi connectivity index (χ1v) is 7.93. The van der Waals surface area contributed by atoms with Crippen molar-refractivity contribution in [1.29, 1.82) is 0 Å². The molecule has 22 heavy (non-hydrogen) atoms. The van der Waals surface area contributed by atoms with E-state index in [0.717, 1.165) is 30.3 Å². The maximum atomic E-state index is 12.4. The van der Waals surface area contributed by atoms with E-state index in [-0.39, 0.29) is 11.7 Å². The third-order valence-corrected chi connectivity index (χ3v) is 4.51. The summed E-state index contributed by atoms with van der Waals surface area (Å²) in [6, 6.07) is 11.5. The predicted octanol–water partition coefficient (Wildman–Crippen LogP) is 2.76. The van der Waals surface area contributed by atoms with E-state index in [9.17, 15) is 9.90 Å². The molecule has 1 fully saturated rings. The first-order chi connectivity index (χ1) is 10.7. The van der Waals surface area contributed by atoms with Crippen molar-refractivity contribution >= 4 is 16.7 Å². The molecule has 1 unspecified atom stereocenters. The van der Waals surface area contributed by atoms with Crippen LogP contribution in [-0.4, -0.2) is 41.6 Å². The molecular formula is C18H22N2O2. The summed E-state index contributed by atoms with van der Waals surface area (Å²) >= 11 is 0. The Hall–Kier alpha value is -2.07. The number of hydrogen-bond donors (Lipinski definition) is 2. The molecule has 1 atom stereocenters. The summed E-state index contributed by atoms with van der Waals surface area (Å²) in [4.78, 5) is 14.8. The molecule has 4 nitrogen and oxygen atoms in total. The lowest BCUT2D eigenvalue weighted by Gasteiger charge is -2.23. The smallest absolute Gasteiger partial charge is 0.255 e. The van der Waals surface area contributed by atoms with Gasteiger partial charge in [0.15, 0.2) is 0 Å². The van der Waals surface area contributed by atoms with E-state index in [2.05, 4.69) is 17.1 Å². The fraction of sp³-hybridized carbons (Fsp3) is 0.389. The number of rotatable bonds is 4. The Morgan fingerprint density at radius 3 is 2.77 bits per heavy atom. The maximum Gasteiger partial charge on any atom is 0.255 e. The number of carbonyl (C=O) groups is 1. The molecule has 0 aromatic heterocycles. The first-order valence-electron chi connectivity index (χ1n) is 7.93. The van der Waals surface area contributed by atoms with Crippen molar-refractivity contribution in [3.63, 3.8) is 0 Å². The minimum absolute atomic E-state index is 0.0370. The Labute approximate surface area is 130 Å². The number of likely N-dealkylation sites (N-methyl/N-ethyl adjacent to an activating group) is 1. The number of amides is 1. The molecule has 2 aromatic rings. The fourth-order valence-electron chi connectivity index (χ4n) is 3.26. The number of nitrogens with one attached hydrogen (secondary N) is 1. The zero-order chi connectivity index (χ0) is 15.5. The van der Waals surface area contributed by atoms with Crippen LogP contribution in [0.1, 0.15) is 30.1 Å². The Kier molecular flexibility index (Phi) is 4.29. The zero-order valence-corrected chi connectivity index (χ0v) is 12.9. The van der Waals surface area contributed by atoms with Gasteiger partial charge in [-0.1, -0.05) is 31.2 Å². The first kappa shape index (κ1) is 14.9. The van der Waals surface area contributed by atoms with Crippen molar-refractivity contribution < 1.29 is 9.90 Å². The van der Waals surface area contributed by atoms with Crippen LogP contribution in [0, 0.1) is 0 Å². The van der Waals surface area contributed by atoms with Crippen LogP contribution < -0.4 is 5.32 Å². The van der Waals surface area contributed by atoms with Gasteiger partial charge in [-0.05, 0) is 48.8 Å². The Bertz CT molecular complexity index is 684. The SMILES string of the molecule is CCN1CCCC1CNC(=O)c1cc2ccccc2cc1O. The number of aromatic hydroxyl groups is 1. The number of phenols is 1. The van der Waals surface area contributed by atoms with Crippen LogP contribution in [0.4, 0.5) is 0 Å². The van der Waals surface area contributed by atoms with Crippen LogP contribution in [0.15, 0.2) is 36.4 Å². The lowest BCUT2D eigenvalue weighted by molar-refractivity contribution is 0.0939. The fourth-order valence-corrected chi connectivity index (χ4v) is 3.26. The molecule has 1 amide bonds. The van der Waals surface area contributed by atoms with E-state index in [1.807, 2.05) is 24.3 Å². The highest BCUT2D eigenvalue weighted by Crippen LogP contribution is 2.25. The molecule has 1 aliphatic rings. The number of carbonyl (C=O) groups excluding carboxylic acids is 1. The highest BCUT2D eigenvalue weighted by molar-refractivity contribution is 6.01. The molecular weight excluding hydrogens is 276 g/mol. The number of benzene rings is 2. The molecule has 0 bridgehead atoms. The largest absolute Gasteiger partial charge is 0.507 e. The zero-order valence-electron chi connectivity index (χ0n) is 12.9. The summed E-state index contributed by atoms with van der Waals surface area (Å²) in [5.41, 5.74) is 0.347. The molecule has 2 N–H and O–H groups in total. The lowest BCUT2D eigenvalue weighted by atomic mass is 10.1. The van der Waals surface area contributed by atoms with E-state index >= 15 is 0 Å². The minimum atomic E-state index is -0.203. The predicted molar refractivity (Wildman–Crippen MR) is 88.2 cm³/mol. The van der Waals surface area contributed by atoms with Gasteiger partial charge in [-0.25, -0.2) is 0 Å². The van der Waals surface area contributed by atoms with Gasteiger partial charge in [-0.2, -0.15) is 0 Å². The van der Waals surface area contributed by atoms with Crippen LogP contribution in [0.3, 0.4) is 0 Å². The molecule has 0 saturated carbocycles. The monoisotopic (exact) mass is 298 g/mol. The second-order valence-corrected chi connectivity index (χ2v) is 5.85.